The lowest BCUT2D eigenvalue weighted by Gasteiger charge is -2.15. The molecule has 0 unspecified atom stereocenters. The zero-order valence-corrected chi connectivity index (χ0v) is 19.6. The third kappa shape index (κ3) is 8.60. The molecule has 166 valence electrons. The van der Waals surface area contributed by atoms with Gasteiger partial charge in [-0.25, -0.2) is 0 Å². The summed E-state index contributed by atoms with van der Waals surface area (Å²) in [4.78, 5) is 4.16. The predicted octanol–water partition coefficient (Wildman–Crippen LogP) is 4.22. The molecule has 0 fully saturated rings. The Hall–Kier alpha value is -2.30. The molecule has 0 aliphatic rings. The lowest BCUT2D eigenvalue weighted by atomic mass is 10.1. The maximum Gasteiger partial charge on any atom is 0.387 e. The first-order valence-electron chi connectivity index (χ1n) is 9.25. The van der Waals surface area contributed by atoms with Gasteiger partial charge in [-0.1, -0.05) is 12.1 Å². The smallest absolute Gasteiger partial charge is 0.387 e. The number of hydrogen-bond donors (Lipinski definition) is 2. The van der Waals surface area contributed by atoms with Gasteiger partial charge in [-0.3, -0.25) is 4.99 Å². The van der Waals surface area contributed by atoms with Crippen LogP contribution in [0.4, 0.5) is 8.78 Å². The van der Waals surface area contributed by atoms with Crippen molar-refractivity contribution >= 4 is 29.9 Å². The van der Waals surface area contributed by atoms with Gasteiger partial charge in [0.25, 0.3) is 0 Å². The minimum absolute atomic E-state index is 0. The summed E-state index contributed by atoms with van der Waals surface area (Å²) < 4.78 is 40.2. The van der Waals surface area contributed by atoms with Gasteiger partial charge in [0.15, 0.2) is 5.96 Å². The van der Waals surface area contributed by atoms with E-state index in [1.165, 1.54) is 18.7 Å². The zero-order valence-electron chi connectivity index (χ0n) is 17.3. The Balaban J connectivity index is 0.00000450. The van der Waals surface area contributed by atoms with Crippen molar-refractivity contribution in [1.82, 2.24) is 10.6 Å². The zero-order chi connectivity index (χ0) is 21.1. The van der Waals surface area contributed by atoms with E-state index in [1.807, 2.05) is 18.2 Å². The molecule has 0 bridgehead atoms. The minimum Gasteiger partial charge on any atom is -0.497 e. The Morgan fingerprint density at radius 3 is 2.43 bits per heavy atom. The van der Waals surface area contributed by atoms with Gasteiger partial charge >= 0.3 is 6.61 Å². The highest BCUT2D eigenvalue weighted by molar-refractivity contribution is 14.0. The lowest BCUT2D eigenvalue weighted by molar-refractivity contribution is -0.0504. The van der Waals surface area contributed by atoms with Crippen LogP contribution in [0.5, 0.6) is 17.2 Å². The van der Waals surface area contributed by atoms with Gasteiger partial charge in [0, 0.05) is 25.7 Å². The molecule has 0 aromatic heterocycles. The summed E-state index contributed by atoms with van der Waals surface area (Å²) in [7, 11) is 4.82. The van der Waals surface area contributed by atoms with E-state index in [9.17, 15) is 8.78 Å². The second kappa shape index (κ2) is 13.8. The molecule has 2 rings (SSSR count). The summed E-state index contributed by atoms with van der Waals surface area (Å²) in [5, 5.41) is 6.32. The second-order valence-corrected chi connectivity index (χ2v) is 6.16. The predicted molar refractivity (Wildman–Crippen MR) is 125 cm³/mol. The molecule has 0 radical (unpaired) electrons. The van der Waals surface area contributed by atoms with E-state index < -0.39 is 6.61 Å². The van der Waals surface area contributed by atoms with Crippen LogP contribution in [0.3, 0.4) is 0 Å². The Bertz CT molecular complexity index is 807. The number of rotatable bonds is 10. The topological polar surface area (TPSA) is 64.1 Å². The highest BCUT2D eigenvalue weighted by Gasteiger charge is 2.11. The van der Waals surface area contributed by atoms with E-state index in [2.05, 4.69) is 26.4 Å². The first-order chi connectivity index (χ1) is 14.0. The number of methoxy groups -OCH3 is 2. The van der Waals surface area contributed by atoms with Crippen molar-refractivity contribution in [2.75, 3.05) is 27.8 Å². The van der Waals surface area contributed by atoms with Crippen LogP contribution < -0.4 is 24.8 Å². The molecule has 30 heavy (non-hydrogen) atoms. The summed E-state index contributed by atoms with van der Waals surface area (Å²) in [6, 6.07) is 12.6. The van der Waals surface area contributed by atoms with Crippen LogP contribution in [0.15, 0.2) is 47.5 Å². The summed E-state index contributed by atoms with van der Waals surface area (Å²) in [5.41, 5.74) is 1.74. The molecule has 2 N–H and O–H groups in total. The van der Waals surface area contributed by atoms with Gasteiger partial charge in [-0.15, -0.1) is 24.0 Å². The summed E-state index contributed by atoms with van der Waals surface area (Å²) in [6.45, 7) is -1.93. The molecular weight excluding hydrogens is 507 g/mol. The maximum absolute atomic E-state index is 12.6. The molecular formula is C21H28F2IN3O3. The van der Waals surface area contributed by atoms with Gasteiger partial charge in [-0.2, -0.15) is 8.78 Å². The van der Waals surface area contributed by atoms with Crippen molar-refractivity contribution in [3.05, 3.63) is 53.6 Å². The van der Waals surface area contributed by atoms with E-state index in [-0.39, 0.29) is 36.3 Å². The third-order valence-corrected chi connectivity index (χ3v) is 4.22. The maximum atomic E-state index is 12.6. The molecule has 6 nitrogen and oxygen atoms in total. The second-order valence-electron chi connectivity index (χ2n) is 6.16. The van der Waals surface area contributed by atoms with Crippen molar-refractivity contribution in [2.24, 2.45) is 4.99 Å². The van der Waals surface area contributed by atoms with E-state index >= 15 is 0 Å². The highest BCUT2D eigenvalue weighted by Crippen LogP contribution is 2.25. The van der Waals surface area contributed by atoms with E-state index in [4.69, 9.17) is 9.47 Å². The Morgan fingerprint density at radius 1 is 1.03 bits per heavy atom. The molecule has 0 aliphatic heterocycles. The molecule has 0 saturated heterocycles. The van der Waals surface area contributed by atoms with Crippen molar-refractivity contribution in [3.8, 4) is 17.2 Å². The molecule has 0 spiro atoms. The lowest BCUT2D eigenvalue weighted by Crippen LogP contribution is -2.37. The average molecular weight is 535 g/mol. The van der Waals surface area contributed by atoms with E-state index in [0.29, 0.717) is 23.8 Å². The normalized spacial score (nSPS) is 10.9. The summed E-state index contributed by atoms with van der Waals surface area (Å²) >= 11 is 0. The van der Waals surface area contributed by atoms with Crippen LogP contribution in [-0.4, -0.2) is 40.4 Å². The Morgan fingerprint density at radius 2 is 1.77 bits per heavy atom. The highest BCUT2D eigenvalue weighted by atomic mass is 127. The van der Waals surface area contributed by atoms with Crippen LogP contribution >= 0.6 is 24.0 Å². The molecule has 0 saturated carbocycles. The van der Waals surface area contributed by atoms with E-state index in [0.717, 1.165) is 18.6 Å². The van der Waals surface area contributed by atoms with Crippen LogP contribution in [0, 0.1) is 0 Å². The number of guanidine groups is 1. The monoisotopic (exact) mass is 535 g/mol. The molecule has 2 aromatic rings. The van der Waals surface area contributed by atoms with Gasteiger partial charge < -0.3 is 24.8 Å². The van der Waals surface area contributed by atoms with Crippen LogP contribution in [0.2, 0.25) is 0 Å². The van der Waals surface area contributed by atoms with Gasteiger partial charge in [-0.05, 0) is 48.7 Å². The van der Waals surface area contributed by atoms with Gasteiger partial charge in [0.2, 0.25) is 0 Å². The third-order valence-electron chi connectivity index (χ3n) is 4.22. The Labute approximate surface area is 193 Å². The fourth-order valence-electron chi connectivity index (χ4n) is 2.76. The number of nitrogens with one attached hydrogen (secondary N) is 2. The fourth-order valence-corrected chi connectivity index (χ4v) is 2.76. The van der Waals surface area contributed by atoms with Crippen LogP contribution in [0.1, 0.15) is 17.5 Å². The number of hydrogen-bond acceptors (Lipinski definition) is 4. The summed E-state index contributed by atoms with van der Waals surface area (Å²) in [6.07, 6.45) is 1.79. The number of ether oxygens (including phenoxy) is 3. The SMILES string of the molecule is CN=C(NCCCc1cccc(OC)c1)NCc1cc(OC)ccc1OC(F)F.I. The first kappa shape index (κ1) is 25.7. The number of benzene rings is 2. The quantitative estimate of drug-likeness (QED) is 0.207. The molecule has 0 aliphatic carbocycles. The number of nitrogens with zero attached hydrogens (tertiary/aromatic N) is 1. The standard InChI is InChI=1S/C21H27F2N3O3.HI/c1-24-21(25-11-5-7-15-6-4-8-17(12-15)27-2)26-14-16-13-18(28-3)9-10-19(16)29-20(22)23;/h4,6,8-10,12-13,20H,5,7,11,14H2,1-3H3,(H2,24,25,26);1H. The molecule has 2 aromatic carbocycles. The number of alkyl halides is 2. The van der Waals surface area contributed by atoms with Crippen LogP contribution in [0.25, 0.3) is 0 Å². The fraction of sp³-hybridized carbons (Fsp3) is 0.381. The molecule has 0 amide bonds. The van der Waals surface area contributed by atoms with Crippen molar-refractivity contribution in [2.45, 2.75) is 26.0 Å². The van der Waals surface area contributed by atoms with Crippen molar-refractivity contribution in [3.63, 3.8) is 0 Å². The van der Waals surface area contributed by atoms with Crippen LogP contribution in [-0.2, 0) is 13.0 Å². The summed E-state index contributed by atoms with van der Waals surface area (Å²) in [5.74, 6) is 2.07. The van der Waals surface area contributed by atoms with Crippen molar-refractivity contribution in [1.29, 1.82) is 0 Å². The Kier molecular flexibility index (Phi) is 11.9. The van der Waals surface area contributed by atoms with E-state index in [1.54, 1.807) is 26.3 Å². The molecule has 0 heterocycles. The first-order valence-corrected chi connectivity index (χ1v) is 9.25. The van der Waals surface area contributed by atoms with Gasteiger partial charge in [0.05, 0.1) is 14.2 Å². The molecule has 0 atom stereocenters. The largest absolute Gasteiger partial charge is 0.497 e. The average Bonchev–Trinajstić information content (AvgIpc) is 2.73. The number of aryl methyl sites for hydroxylation is 1. The number of aliphatic imine (C=N–C) groups is 1. The minimum atomic E-state index is -2.89. The molecule has 9 heteroatoms. The number of halogens is 3. The van der Waals surface area contributed by atoms with Gasteiger partial charge in [0.1, 0.15) is 17.2 Å². The van der Waals surface area contributed by atoms with Crippen molar-refractivity contribution < 1.29 is 23.0 Å².